The highest BCUT2D eigenvalue weighted by molar-refractivity contribution is 6.64. The van der Waals surface area contributed by atoms with Crippen LogP contribution in [0.4, 0.5) is 0 Å². The molecule has 1 N–H and O–H groups in total. The Balaban J connectivity index is 0. The summed E-state index contributed by atoms with van der Waals surface area (Å²) in [5.41, 5.74) is -0.373. The third kappa shape index (κ3) is 13.5. The second kappa shape index (κ2) is 10.4. The number of carboxylic acids is 1. The van der Waals surface area contributed by atoms with Crippen molar-refractivity contribution in [3.8, 4) is 0 Å². The zero-order chi connectivity index (χ0) is 14.8. The van der Waals surface area contributed by atoms with E-state index in [1.807, 2.05) is 0 Å². The van der Waals surface area contributed by atoms with E-state index in [1.54, 1.807) is 27.7 Å². The minimum Gasteiger partial charge on any atom is -0.481 e. The van der Waals surface area contributed by atoms with Gasteiger partial charge in [0.15, 0.2) is 0 Å². The Morgan fingerprint density at radius 3 is 1.89 bits per heavy atom. The maximum atomic E-state index is 10.4. The lowest BCUT2D eigenvalue weighted by Crippen LogP contribution is -2.13. The van der Waals surface area contributed by atoms with Crippen LogP contribution in [0.1, 0.15) is 66.7 Å². The number of carbonyl (C=O) groups excluding carboxylic acids is 1. The second-order valence-electron chi connectivity index (χ2n) is 5.61. The summed E-state index contributed by atoms with van der Waals surface area (Å²) in [5.74, 6) is -0.826. The van der Waals surface area contributed by atoms with Gasteiger partial charge in [0.05, 0.1) is 5.92 Å². The number of halogens is 1. The van der Waals surface area contributed by atoms with Crippen molar-refractivity contribution in [2.45, 2.75) is 66.7 Å². The van der Waals surface area contributed by atoms with Crippen molar-refractivity contribution < 1.29 is 14.7 Å². The lowest BCUT2D eigenvalue weighted by molar-refractivity contribution is -0.141. The molecule has 0 radical (unpaired) electrons. The van der Waals surface area contributed by atoms with Gasteiger partial charge < -0.3 is 5.11 Å². The Kier molecular flexibility index (Phi) is 11.4. The molecule has 0 rings (SSSR count). The van der Waals surface area contributed by atoms with E-state index in [0.29, 0.717) is 0 Å². The summed E-state index contributed by atoms with van der Waals surface area (Å²) in [6.07, 6.45) is 5.50. The SMILES string of the molecule is CC(C)(C)C(=O)Cl.CCCCCCC(C)C(=O)O. The molecule has 3 nitrogen and oxygen atoms in total. The highest BCUT2D eigenvalue weighted by Crippen LogP contribution is 2.15. The van der Waals surface area contributed by atoms with Gasteiger partial charge in [-0.1, -0.05) is 60.3 Å². The summed E-state index contributed by atoms with van der Waals surface area (Å²) in [6, 6.07) is 0. The summed E-state index contributed by atoms with van der Waals surface area (Å²) in [7, 11) is 0. The topological polar surface area (TPSA) is 54.4 Å². The minimum absolute atomic E-state index is 0.160. The van der Waals surface area contributed by atoms with Crippen molar-refractivity contribution in [1.82, 2.24) is 0 Å². The Morgan fingerprint density at radius 1 is 1.17 bits per heavy atom. The molecule has 0 aliphatic carbocycles. The predicted molar refractivity (Wildman–Crippen MR) is 75.9 cm³/mol. The molecule has 0 aromatic carbocycles. The first-order chi connectivity index (χ1) is 8.12. The van der Waals surface area contributed by atoms with Crippen LogP contribution in [0.2, 0.25) is 0 Å². The first-order valence-corrected chi connectivity index (χ1v) is 6.93. The van der Waals surface area contributed by atoms with Gasteiger partial charge in [-0.25, -0.2) is 0 Å². The van der Waals surface area contributed by atoms with Crippen LogP contribution >= 0.6 is 11.6 Å². The summed E-state index contributed by atoms with van der Waals surface area (Å²) < 4.78 is 0. The molecule has 0 saturated heterocycles. The van der Waals surface area contributed by atoms with Gasteiger partial charge in [0.1, 0.15) is 0 Å². The van der Waals surface area contributed by atoms with Crippen molar-refractivity contribution >= 4 is 22.8 Å². The van der Waals surface area contributed by atoms with Crippen molar-refractivity contribution in [3.05, 3.63) is 0 Å². The van der Waals surface area contributed by atoms with E-state index in [0.717, 1.165) is 12.8 Å². The molecule has 0 saturated carbocycles. The first kappa shape index (κ1) is 19.8. The van der Waals surface area contributed by atoms with E-state index < -0.39 is 5.97 Å². The predicted octanol–water partition coefficient (Wildman–Crippen LogP) is 4.48. The Hall–Kier alpha value is -0.570. The fourth-order valence-corrected chi connectivity index (χ4v) is 1.00. The summed E-state index contributed by atoms with van der Waals surface area (Å²) in [4.78, 5) is 20.6. The highest BCUT2D eigenvalue weighted by Gasteiger charge is 2.17. The van der Waals surface area contributed by atoms with Gasteiger partial charge in [-0.2, -0.15) is 0 Å². The molecule has 0 bridgehead atoms. The number of aliphatic carboxylic acids is 1. The van der Waals surface area contributed by atoms with Gasteiger partial charge in [0.25, 0.3) is 0 Å². The number of carbonyl (C=O) groups is 2. The fraction of sp³-hybridized carbons (Fsp3) is 0.857. The minimum atomic E-state index is -0.665. The summed E-state index contributed by atoms with van der Waals surface area (Å²) in [5, 5.41) is 8.25. The average molecular weight is 279 g/mol. The molecule has 0 amide bonds. The number of unbranched alkanes of at least 4 members (excludes halogenated alkanes) is 3. The number of hydrogen-bond acceptors (Lipinski definition) is 2. The molecular formula is C14H27ClO3. The maximum Gasteiger partial charge on any atom is 0.306 e. The monoisotopic (exact) mass is 278 g/mol. The maximum absolute atomic E-state index is 10.4. The first-order valence-electron chi connectivity index (χ1n) is 6.55. The van der Waals surface area contributed by atoms with Crippen molar-refractivity contribution in [1.29, 1.82) is 0 Å². The fourth-order valence-electron chi connectivity index (χ4n) is 1.00. The van der Waals surface area contributed by atoms with Gasteiger partial charge in [-0.3, -0.25) is 9.59 Å². The molecule has 0 spiro atoms. The molecule has 0 fully saturated rings. The van der Waals surface area contributed by atoms with E-state index in [4.69, 9.17) is 16.7 Å². The quantitative estimate of drug-likeness (QED) is 0.576. The van der Waals surface area contributed by atoms with Crippen molar-refractivity contribution in [2.75, 3.05) is 0 Å². The molecule has 0 aliphatic rings. The van der Waals surface area contributed by atoms with E-state index in [9.17, 15) is 9.59 Å². The molecule has 4 heteroatoms. The van der Waals surface area contributed by atoms with Crippen LogP contribution in [0, 0.1) is 11.3 Å². The summed E-state index contributed by atoms with van der Waals surface area (Å²) in [6.45, 7) is 9.27. The normalized spacial score (nSPS) is 12.3. The number of carboxylic acid groups (broad SMARTS) is 1. The van der Waals surface area contributed by atoms with Crippen LogP contribution in [0.5, 0.6) is 0 Å². The highest BCUT2D eigenvalue weighted by atomic mass is 35.5. The average Bonchev–Trinajstić information content (AvgIpc) is 2.23. The number of hydrogen-bond donors (Lipinski definition) is 1. The molecule has 0 aromatic heterocycles. The van der Waals surface area contributed by atoms with Gasteiger partial charge in [-0.15, -0.1) is 0 Å². The van der Waals surface area contributed by atoms with Crippen LogP contribution in [-0.4, -0.2) is 16.3 Å². The van der Waals surface area contributed by atoms with Crippen LogP contribution in [0.15, 0.2) is 0 Å². The van der Waals surface area contributed by atoms with Crippen LogP contribution < -0.4 is 0 Å². The largest absolute Gasteiger partial charge is 0.481 e. The third-order valence-electron chi connectivity index (χ3n) is 2.50. The summed E-state index contributed by atoms with van der Waals surface area (Å²) >= 11 is 5.11. The van der Waals surface area contributed by atoms with Gasteiger partial charge in [-0.05, 0) is 18.0 Å². The smallest absolute Gasteiger partial charge is 0.306 e. The lowest BCUT2D eigenvalue weighted by atomic mass is 10.00. The van der Waals surface area contributed by atoms with Gasteiger partial charge in [0, 0.05) is 5.41 Å². The van der Waals surface area contributed by atoms with Crippen molar-refractivity contribution in [2.24, 2.45) is 11.3 Å². The second-order valence-corrected chi connectivity index (χ2v) is 5.96. The Labute approximate surface area is 116 Å². The van der Waals surface area contributed by atoms with Crippen LogP contribution in [0.25, 0.3) is 0 Å². The van der Waals surface area contributed by atoms with E-state index >= 15 is 0 Å². The van der Waals surface area contributed by atoms with Crippen LogP contribution in [-0.2, 0) is 9.59 Å². The zero-order valence-electron chi connectivity index (χ0n) is 12.3. The molecule has 18 heavy (non-hydrogen) atoms. The van der Waals surface area contributed by atoms with E-state index in [1.165, 1.54) is 19.3 Å². The molecule has 0 heterocycles. The van der Waals surface area contributed by atoms with E-state index in [2.05, 4.69) is 6.92 Å². The standard InChI is InChI=1S/C9H18O2.C5H9ClO/c1-3-4-5-6-7-8(2)9(10)11;1-5(2,3)4(6)7/h8H,3-7H2,1-2H3,(H,10,11);1-3H3. The van der Waals surface area contributed by atoms with E-state index in [-0.39, 0.29) is 16.6 Å². The van der Waals surface area contributed by atoms with Crippen molar-refractivity contribution in [3.63, 3.8) is 0 Å². The molecule has 108 valence electrons. The molecule has 1 unspecified atom stereocenters. The molecule has 0 aliphatic heterocycles. The lowest BCUT2D eigenvalue weighted by Gasteiger charge is -2.08. The molecular weight excluding hydrogens is 252 g/mol. The number of rotatable bonds is 6. The Morgan fingerprint density at radius 2 is 1.61 bits per heavy atom. The van der Waals surface area contributed by atoms with Gasteiger partial charge in [0.2, 0.25) is 5.24 Å². The van der Waals surface area contributed by atoms with Crippen LogP contribution in [0.3, 0.4) is 0 Å². The third-order valence-corrected chi connectivity index (χ3v) is 3.07. The Bertz CT molecular complexity index is 244. The molecule has 0 aromatic rings. The van der Waals surface area contributed by atoms with Gasteiger partial charge >= 0.3 is 5.97 Å². The molecule has 1 atom stereocenters. The zero-order valence-corrected chi connectivity index (χ0v) is 13.0.